The maximum Gasteiger partial charge on any atom is 0.118 e. The monoisotopic (exact) mass is 285 g/mol. The molecule has 0 saturated heterocycles. The normalized spacial score (nSPS) is 10.7. The fraction of sp³-hybridized carbons (Fsp3) is 0.267. The highest BCUT2D eigenvalue weighted by molar-refractivity contribution is 5.76. The Labute approximate surface area is 124 Å². The molecular formula is C15H19N5O. The van der Waals surface area contributed by atoms with E-state index in [4.69, 9.17) is 15.7 Å². The smallest absolute Gasteiger partial charge is 0.118 e. The fourth-order valence-corrected chi connectivity index (χ4v) is 1.56. The van der Waals surface area contributed by atoms with E-state index in [1.807, 2.05) is 32.0 Å². The maximum absolute atomic E-state index is 9.08. The summed E-state index contributed by atoms with van der Waals surface area (Å²) in [5, 5.41) is 15.2. The summed E-state index contributed by atoms with van der Waals surface area (Å²) in [6.07, 6.45) is 3.98. The average Bonchev–Trinajstić information content (AvgIpc) is 3.00. The quantitative estimate of drug-likeness (QED) is 0.664. The summed E-state index contributed by atoms with van der Waals surface area (Å²) in [6, 6.07) is 9.34. The molecule has 2 rings (SSSR count). The summed E-state index contributed by atoms with van der Waals surface area (Å²) in [5.74, 6) is 1.31. The van der Waals surface area contributed by atoms with Crippen molar-refractivity contribution in [2.75, 3.05) is 12.3 Å². The summed E-state index contributed by atoms with van der Waals surface area (Å²) in [6.45, 7) is 4.44. The molecule has 110 valence electrons. The molecule has 0 spiro atoms. The number of nitrogens with one attached hydrogen (secondary N) is 1. The number of rotatable bonds is 4. The molecule has 0 aromatic carbocycles. The average molecular weight is 285 g/mol. The number of nitriles is 1. The van der Waals surface area contributed by atoms with Crippen LogP contribution in [0.4, 0.5) is 5.82 Å². The zero-order chi connectivity index (χ0) is 15.5. The van der Waals surface area contributed by atoms with Crippen molar-refractivity contribution in [1.82, 2.24) is 15.2 Å². The molecule has 2 aromatic rings. The van der Waals surface area contributed by atoms with Gasteiger partial charge in [-0.05, 0) is 25.1 Å². The number of nitrogens with two attached hydrogens (primary N) is 1. The second-order valence-electron chi connectivity index (χ2n) is 3.92. The molecule has 0 bridgehead atoms. The summed E-state index contributed by atoms with van der Waals surface area (Å²) >= 11 is 0. The molecule has 0 aliphatic heterocycles. The molecule has 0 atom stereocenters. The van der Waals surface area contributed by atoms with Crippen LogP contribution in [0.3, 0.4) is 0 Å². The van der Waals surface area contributed by atoms with Crippen molar-refractivity contribution in [3.8, 4) is 6.07 Å². The van der Waals surface area contributed by atoms with Gasteiger partial charge in [-0.1, -0.05) is 13.0 Å². The SMILES string of the molecule is CCOC(CC)=C(C#N)c1ccccn1.Nc1ccn[nH]1. The maximum atomic E-state index is 9.08. The molecule has 0 fully saturated rings. The van der Waals surface area contributed by atoms with Crippen molar-refractivity contribution < 1.29 is 4.74 Å². The minimum Gasteiger partial charge on any atom is -0.497 e. The number of pyridine rings is 1. The first-order chi connectivity index (χ1) is 10.2. The van der Waals surface area contributed by atoms with Gasteiger partial charge in [0.05, 0.1) is 18.5 Å². The van der Waals surface area contributed by atoms with Gasteiger partial charge in [0.25, 0.3) is 0 Å². The molecule has 0 aliphatic rings. The number of hydrogen-bond donors (Lipinski definition) is 2. The first-order valence-electron chi connectivity index (χ1n) is 6.65. The second kappa shape index (κ2) is 9.15. The highest BCUT2D eigenvalue weighted by atomic mass is 16.5. The highest BCUT2D eigenvalue weighted by Gasteiger charge is 2.09. The minimum atomic E-state index is 0.528. The van der Waals surface area contributed by atoms with E-state index in [1.165, 1.54) is 0 Å². The van der Waals surface area contributed by atoms with Crippen molar-refractivity contribution in [3.05, 3.63) is 48.1 Å². The van der Waals surface area contributed by atoms with Crippen LogP contribution in [0.1, 0.15) is 26.0 Å². The number of hydrogen-bond acceptors (Lipinski definition) is 5. The van der Waals surface area contributed by atoms with Gasteiger partial charge in [-0.25, -0.2) is 0 Å². The Morgan fingerprint density at radius 2 is 2.14 bits per heavy atom. The Bertz CT molecular complexity index is 584. The van der Waals surface area contributed by atoms with E-state index < -0.39 is 0 Å². The third-order valence-electron chi connectivity index (χ3n) is 2.47. The number of nitrogen functional groups attached to an aromatic ring is 1. The van der Waals surface area contributed by atoms with Gasteiger partial charge in [-0.3, -0.25) is 10.1 Å². The first kappa shape index (κ1) is 16.2. The van der Waals surface area contributed by atoms with E-state index in [0.717, 1.165) is 0 Å². The number of aromatic nitrogens is 3. The zero-order valence-corrected chi connectivity index (χ0v) is 12.2. The van der Waals surface area contributed by atoms with Crippen molar-refractivity contribution in [2.24, 2.45) is 0 Å². The molecule has 2 heterocycles. The van der Waals surface area contributed by atoms with E-state index in [2.05, 4.69) is 21.3 Å². The first-order valence-corrected chi connectivity index (χ1v) is 6.65. The van der Waals surface area contributed by atoms with Crippen LogP contribution in [0.2, 0.25) is 0 Å². The van der Waals surface area contributed by atoms with Crippen LogP contribution in [-0.2, 0) is 4.74 Å². The van der Waals surface area contributed by atoms with E-state index in [-0.39, 0.29) is 0 Å². The lowest BCUT2D eigenvalue weighted by atomic mass is 10.1. The topological polar surface area (TPSA) is 101 Å². The van der Waals surface area contributed by atoms with E-state index in [0.29, 0.717) is 35.9 Å². The molecule has 0 radical (unpaired) electrons. The van der Waals surface area contributed by atoms with Crippen molar-refractivity contribution in [2.45, 2.75) is 20.3 Å². The molecule has 6 heteroatoms. The summed E-state index contributed by atoms with van der Waals surface area (Å²) in [4.78, 5) is 4.14. The number of allylic oxidation sites excluding steroid dienone is 2. The van der Waals surface area contributed by atoms with Crippen molar-refractivity contribution in [3.63, 3.8) is 0 Å². The summed E-state index contributed by atoms with van der Waals surface area (Å²) in [5.41, 5.74) is 6.36. The van der Waals surface area contributed by atoms with Gasteiger partial charge in [0.15, 0.2) is 0 Å². The molecule has 6 nitrogen and oxygen atoms in total. The molecule has 0 amide bonds. The Balaban J connectivity index is 0.000000304. The van der Waals surface area contributed by atoms with Gasteiger partial charge in [0, 0.05) is 12.6 Å². The molecule has 0 aliphatic carbocycles. The van der Waals surface area contributed by atoms with E-state index in [9.17, 15) is 0 Å². The number of anilines is 1. The number of aromatic amines is 1. The van der Waals surface area contributed by atoms with Crippen LogP contribution < -0.4 is 5.73 Å². The highest BCUT2D eigenvalue weighted by Crippen LogP contribution is 2.18. The zero-order valence-electron chi connectivity index (χ0n) is 12.2. The Morgan fingerprint density at radius 1 is 1.33 bits per heavy atom. The van der Waals surface area contributed by atoms with Crippen molar-refractivity contribution in [1.29, 1.82) is 5.26 Å². The third kappa shape index (κ3) is 5.37. The molecule has 21 heavy (non-hydrogen) atoms. The van der Waals surface area contributed by atoms with E-state index in [1.54, 1.807) is 18.5 Å². The largest absolute Gasteiger partial charge is 0.497 e. The summed E-state index contributed by atoms with van der Waals surface area (Å²) in [7, 11) is 0. The van der Waals surface area contributed by atoms with Crippen LogP contribution in [-0.4, -0.2) is 21.8 Å². The molecule has 2 aromatic heterocycles. The predicted molar refractivity (Wildman–Crippen MR) is 81.7 cm³/mol. The van der Waals surface area contributed by atoms with Gasteiger partial charge in [-0.2, -0.15) is 10.4 Å². The molecule has 3 N–H and O–H groups in total. The molecular weight excluding hydrogens is 266 g/mol. The lowest BCUT2D eigenvalue weighted by Gasteiger charge is -2.08. The van der Waals surface area contributed by atoms with Crippen molar-refractivity contribution >= 4 is 11.4 Å². The van der Waals surface area contributed by atoms with Gasteiger partial charge >= 0.3 is 0 Å². The number of ether oxygens (including phenoxy) is 1. The third-order valence-corrected chi connectivity index (χ3v) is 2.47. The number of H-pyrrole nitrogens is 1. The fourth-order valence-electron chi connectivity index (χ4n) is 1.56. The second-order valence-corrected chi connectivity index (χ2v) is 3.92. The lowest BCUT2D eigenvalue weighted by molar-refractivity contribution is 0.223. The Hall–Kier alpha value is -2.81. The summed E-state index contributed by atoms with van der Waals surface area (Å²) < 4.78 is 5.42. The van der Waals surface area contributed by atoms with Gasteiger partial charge in [-0.15, -0.1) is 0 Å². The predicted octanol–water partition coefficient (Wildman–Crippen LogP) is 2.75. The van der Waals surface area contributed by atoms with Crippen LogP contribution >= 0.6 is 0 Å². The van der Waals surface area contributed by atoms with Gasteiger partial charge in [0.1, 0.15) is 23.2 Å². The number of nitrogens with zero attached hydrogens (tertiary/aromatic N) is 3. The van der Waals surface area contributed by atoms with Crippen LogP contribution in [0.5, 0.6) is 0 Å². The van der Waals surface area contributed by atoms with Crippen LogP contribution in [0.25, 0.3) is 5.57 Å². The Morgan fingerprint density at radius 3 is 2.52 bits per heavy atom. The van der Waals surface area contributed by atoms with Gasteiger partial charge in [0.2, 0.25) is 0 Å². The lowest BCUT2D eigenvalue weighted by Crippen LogP contribution is -1.97. The molecule has 0 saturated carbocycles. The molecule has 0 unspecified atom stereocenters. The Kier molecular flexibility index (Phi) is 7.08. The van der Waals surface area contributed by atoms with Crippen LogP contribution in [0, 0.1) is 11.3 Å². The minimum absolute atomic E-state index is 0.528. The van der Waals surface area contributed by atoms with Crippen LogP contribution in [0.15, 0.2) is 42.4 Å². The standard InChI is InChI=1S/C12H14N2O.C3H5N3/c1-3-12(15-4-2)10(9-13)11-7-5-6-8-14-11;4-3-1-2-5-6-3/h5-8H,3-4H2,1-2H3;1-2H,(H3,4,5,6). The van der Waals surface area contributed by atoms with E-state index >= 15 is 0 Å². The van der Waals surface area contributed by atoms with Gasteiger partial charge < -0.3 is 10.5 Å².